The van der Waals surface area contributed by atoms with Crippen LogP contribution in [0.25, 0.3) is 0 Å². The summed E-state index contributed by atoms with van der Waals surface area (Å²) in [6, 6.07) is 14.7. The molecule has 0 radical (unpaired) electrons. The molecule has 1 atom stereocenters. The Hall–Kier alpha value is -2.98. The zero-order valence-electron chi connectivity index (χ0n) is 23.2. The second kappa shape index (κ2) is 14.3. The molecule has 220 valence electrons. The first kappa shape index (κ1) is 32.5. The van der Waals surface area contributed by atoms with Crippen LogP contribution in [-0.2, 0) is 26.2 Å². The van der Waals surface area contributed by atoms with Gasteiger partial charge in [-0.3, -0.25) is 13.9 Å². The lowest BCUT2D eigenvalue weighted by atomic mass is 10.1. The molecule has 0 fully saturated rings. The van der Waals surface area contributed by atoms with Crippen LogP contribution in [0.3, 0.4) is 0 Å². The number of amides is 2. The van der Waals surface area contributed by atoms with Crippen molar-refractivity contribution in [3.8, 4) is 5.75 Å². The molecule has 0 heterocycles. The highest BCUT2D eigenvalue weighted by Crippen LogP contribution is 2.32. The molecule has 2 amide bonds. The number of carbonyl (C=O) groups excluding carboxylic acids is 2. The highest BCUT2D eigenvalue weighted by Gasteiger charge is 2.33. The van der Waals surface area contributed by atoms with Gasteiger partial charge in [-0.2, -0.15) is 0 Å². The SMILES string of the molecule is CCCNC(=O)C(C)N(Cc1ccc(Cl)c(Cl)c1)C(=O)CN(c1ccc(OC)c(Cl)c1)S(=O)(=O)c1ccc(C)cc1. The van der Waals surface area contributed by atoms with E-state index in [9.17, 15) is 18.0 Å². The van der Waals surface area contributed by atoms with Crippen LogP contribution in [0.2, 0.25) is 15.1 Å². The fraction of sp³-hybridized carbons (Fsp3) is 0.310. The molecule has 0 aliphatic rings. The van der Waals surface area contributed by atoms with Crippen LogP contribution in [0.15, 0.2) is 65.6 Å². The molecule has 8 nitrogen and oxygen atoms in total. The summed E-state index contributed by atoms with van der Waals surface area (Å²) in [5.41, 5.74) is 1.64. The molecule has 0 saturated heterocycles. The van der Waals surface area contributed by atoms with E-state index in [4.69, 9.17) is 39.5 Å². The standard InChI is InChI=1S/C29H32Cl3N3O5S/c1-5-14-33-29(37)20(3)34(17-21-8-12-24(30)25(31)15-21)28(36)18-35(22-9-13-27(40-4)26(32)16-22)41(38,39)23-10-6-19(2)7-11-23/h6-13,15-16,20H,5,14,17-18H2,1-4H3,(H,33,37). The summed E-state index contributed by atoms with van der Waals surface area (Å²) in [6.45, 7) is 5.15. The first-order chi connectivity index (χ1) is 19.4. The number of sulfonamides is 1. The van der Waals surface area contributed by atoms with Gasteiger partial charge in [0.05, 0.1) is 32.8 Å². The van der Waals surface area contributed by atoms with Crippen LogP contribution >= 0.6 is 34.8 Å². The van der Waals surface area contributed by atoms with Gasteiger partial charge >= 0.3 is 0 Å². The number of nitrogens with one attached hydrogen (secondary N) is 1. The molecule has 1 unspecified atom stereocenters. The molecular weight excluding hydrogens is 609 g/mol. The summed E-state index contributed by atoms with van der Waals surface area (Å²) < 4.78 is 34.0. The van der Waals surface area contributed by atoms with Gasteiger partial charge in [0, 0.05) is 13.1 Å². The predicted octanol–water partition coefficient (Wildman–Crippen LogP) is 6.10. The van der Waals surface area contributed by atoms with Gasteiger partial charge in [-0.1, -0.05) is 65.5 Å². The number of nitrogens with zero attached hydrogens (tertiary/aromatic N) is 2. The lowest BCUT2D eigenvalue weighted by molar-refractivity contribution is -0.139. The summed E-state index contributed by atoms with van der Waals surface area (Å²) in [5.74, 6) is -0.643. The lowest BCUT2D eigenvalue weighted by Crippen LogP contribution is -2.51. The molecule has 12 heteroatoms. The van der Waals surface area contributed by atoms with E-state index in [0.29, 0.717) is 29.3 Å². The summed E-state index contributed by atoms with van der Waals surface area (Å²) in [6.07, 6.45) is 0.708. The van der Waals surface area contributed by atoms with Crippen LogP contribution in [0, 0.1) is 6.92 Å². The number of rotatable bonds is 12. The zero-order valence-corrected chi connectivity index (χ0v) is 26.2. The van der Waals surface area contributed by atoms with Gasteiger partial charge in [0.1, 0.15) is 18.3 Å². The second-order valence-corrected chi connectivity index (χ2v) is 12.5. The van der Waals surface area contributed by atoms with E-state index in [-0.39, 0.29) is 33.1 Å². The normalized spacial score (nSPS) is 12.0. The first-order valence-corrected chi connectivity index (χ1v) is 15.4. The maximum Gasteiger partial charge on any atom is 0.264 e. The van der Waals surface area contributed by atoms with E-state index in [0.717, 1.165) is 9.87 Å². The van der Waals surface area contributed by atoms with Crippen molar-refractivity contribution in [2.75, 3.05) is 24.5 Å². The van der Waals surface area contributed by atoms with E-state index in [2.05, 4.69) is 5.32 Å². The van der Waals surface area contributed by atoms with Crippen molar-refractivity contribution < 1.29 is 22.7 Å². The Balaban J connectivity index is 2.07. The molecular formula is C29H32Cl3N3O5S. The molecule has 0 spiro atoms. The summed E-state index contributed by atoms with van der Waals surface area (Å²) in [5, 5.41) is 3.59. The third-order valence-electron chi connectivity index (χ3n) is 6.36. The zero-order chi connectivity index (χ0) is 30.3. The number of carbonyl (C=O) groups is 2. The molecule has 0 aliphatic carbocycles. The quantitative estimate of drug-likeness (QED) is 0.258. The fourth-order valence-electron chi connectivity index (χ4n) is 3.99. The van der Waals surface area contributed by atoms with Crippen LogP contribution < -0.4 is 14.4 Å². The highest BCUT2D eigenvalue weighted by molar-refractivity contribution is 7.92. The number of benzene rings is 3. The minimum Gasteiger partial charge on any atom is -0.495 e. The molecule has 0 bridgehead atoms. The average Bonchev–Trinajstić information content (AvgIpc) is 2.94. The van der Waals surface area contributed by atoms with Crippen molar-refractivity contribution in [3.63, 3.8) is 0 Å². The number of halogens is 3. The molecule has 3 aromatic rings. The van der Waals surface area contributed by atoms with Gasteiger partial charge < -0.3 is 15.0 Å². The molecule has 41 heavy (non-hydrogen) atoms. The van der Waals surface area contributed by atoms with Crippen molar-refractivity contribution in [2.24, 2.45) is 0 Å². The van der Waals surface area contributed by atoms with Gasteiger partial charge in [-0.15, -0.1) is 0 Å². The van der Waals surface area contributed by atoms with Gasteiger partial charge in [-0.05, 0) is 68.3 Å². The Kier molecular flexibility index (Phi) is 11.3. The highest BCUT2D eigenvalue weighted by atomic mass is 35.5. The number of hydrogen-bond acceptors (Lipinski definition) is 5. The largest absolute Gasteiger partial charge is 0.495 e. The van der Waals surface area contributed by atoms with E-state index >= 15 is 0 Å². The maximum atomic E-state index is 14.0. The Labute approximate surface area is 256 Å². The maximum absolute atomic E-state index is 14.0. The summed E-state index contributed by atoms with van der Waals surface area (Å²) >= 11 is 18.6. The van der Waals surface area contributed by atoms with Crippen LogP contribution in [0.1, 0.15) is 31.4 Å². The van der Waals surface area contributed by atoms with E-state index < -0.39 is 28.5 Å². The molecule has 0 aromatic heterocycles. The predicted molar refractivity (Wildman–Crippen MR) is 163 cm³/mol. The van der Waals surface area contributed by atoms with E-state index in [1.54, 1.807) is 37.3 Å². The van der Waals surface area contributed by atoms with Gasteiger partial charge in [0.15, 0.2) is 0 Å². The smallest absolute Gasteiger partial charge is 0.264 e. The number of aryl methyl sites for hydroxylation is 1. The van der Waals surface area contributed by atoms with Gasteiger partial charge in [0.2, 0.25) is 11.8 Å². The minimum absolute atomic E-state index is 0.00684. The topological polar surface area (TPSA) is 96.0 Å². The average molecular weight is 641 g/mol. The van der Waals surface area contributed by atoms with E-state index in [1.807, 2.05) is 13.8 Å². The van der Waals surface area contributed by atoms with Crippen molar-refractivity contribution in [2.45, 2.75) is 44.7 Å². The Bertz CT molecular complexity index is 1500. The number of anilines is 1. The molecule has 3 rings (SSSR count). The van der Waals surface area contributed by atoms with Crippen molar-refractivity contribution in [3.05, 3.63) is 86.9 Å². The monoisotopic (exact) mass is 639 g/mol. The molecule has 0 saturated carbocycles. The summed E-state index contributed by atoms with van der Waals surface area (Å²) in [7, 11) is -2.79. The molecule has 1 N–H and O–H groups in total. The third kappa shape index (κ3) is 8.07. The number of hydrogen-bond donors (Lipinski definition) is 1. The minimum atomic E-state index is -4.23. The third-order valence-corrected chi connectivity index (χ3v) is 9.19. The second-order valence-electron chi connectivity index (χ2n) is 9.38. The lowest BCUT2D eigenvalue weighted by Gasteiger charge is -2.32. The fourth-order valence-corrected chi connectivity index (χ4v) is 5.97. The van der Waals surface area contributed by atoms with E-state index in [1.165, 1.54) is 42.3 Å². The Morgan fingerprint density at radius 1 is 0.951 bits per heavy atom. The van der Waals surface area contributed by atoms with Crippen LogP contribution in [0.4, 0.5) is 5.69 Å². The van der Waals surface area contributed by atoms with Crippen molar-refractivity contribution in [1.82, 2.24) is 10.2 Å². The molecule has 3 aromatic carbocycles. The van der Waals surface area contributed by atoms with Gasteiger partial charge in [0.25, 0.3) is 10.0 Å². The Morgan fingerprint density at radius 2 is 1.63 bits per heavy atom. The summed E-state index contributed by atoms with van der Waals surface area (Å²) in [4.78, 5) is 28.2. The van der Waals surface area contributed by atoms with Gasteiger partial charge in [-0.25, -0.2) is 8.42 Å². The number of ether oxygens (including phenoxy) is 1. The number of methoxy groups -OCH3 is 1. The van der Waals surface area contributed by atoms with Crippen molar-refractivity contribution in [1.29, 1.82) is 0 Å². The van der Waals surface area contributed by atoms with Crippen molar-refractivity contribution >= 4 is 62.3 Å². The first-order valence-electron chi connectivity index (χ1n) is 12.8. The molecule has 0 aliphatic heterocycles. The Morgan fingerprint density at radius 3 is 2.22 bits per heavy atom. The van der Waals surface area contributed by atoms with Crippen LogP contribution in [0.5, 0.6) is 5.75 Å². The van der Waals surface area contributed by atoms with Crippen LogP contribution in [-0.4, -0.2) is 51.4 Å².